The van der Waals surface area contributed by atoms with Crippen LogP contribution in [0.5, 0.6) is 0 Å². The molecule has 0 bridgehead atoms. The monoisotopic (exact) mass is 152 g/mol. The van der Waals surface area contributed by atoms with E-state index in [1.54, 1.807) is 6.20 Å². The molecule has 0 radical (unpaired) electrons. The summed E-state index contributed by atoms with van der Waals surface area (Å²) in [5.74, 6) is 0.763. The smallest absolute Gasteiger partial charge is 0.125 e. The fraction of sp³-hybridized carbons (Fsp3) is 0.500. The quantitative estimate of drug-likeness (QED) is 0.683. The van der Waals surface area contributed by atoms with E-state index >= 15 is 0 Å². The Morgan fingerprint density at radius 2 is 2.27 bits per heavy atom. The predicted octanol–water partition coefficient (Wildman–Crippen LogP) is 0.840. The molecule has 1 N–H and O–H groups in total. The summed E-state index contributed by atoms with van der Waals surface area (Å²) >= 11 is 0. The maximum Gasteiger partial charge on any atom is 0.125 e. The van der Waals surface area contributed by atoms with Crippen LogP contribution < -0.4 is 0 Å². The fourth-order valence-corrected chi connectivity index (χ4v) is 0.980. The number of aromatic nitrogens is 2. The zero-order valence-corrected chi connectivity index (χ0v) is 6.83. The van der Waals surface area contributed by atoms with E-state index in [4.69, 9.17) is 5.11 Å². The third kappa shape index (κ3) is 1.74. The van der Waals surface area contributed by atoms with Crippen LogP contribution in [-0.4, -0.2) is 15.1 Å². The number of aliphatic hydroxyl groups is 1. The SMILES string of the molecule is CCc1nc(C)ncc1CO. The van der Waals surface area contributed by atoms with Crippen molar-refractivity contribution in [2.45, 2.75) is 26.9 Å². The van der Waals surface area contributed by atoms with Crippen molar-refractivity contribution >= 4 is 0 Å². The van der Waals surface area contributed by atoms with Crippen LogP contribution in [-0.2, 0) is 13.0 Å². The minimum atomic E-state index is 0.0312. The van der Waals surface area contributed by atoms with Crippen molar-refractivity contribution in [2.75, 3.05) is 0 Å². The lowest BCUT2D eigenvalue weighted by molar-refractivity contribution is 0.279. The number of hydrogen-bond acceptors (Lipinski definition) is 3. The zero-order valence-electron chi connectivity index (χ0n) is 6.83. The van der Waals surface area contributed by atoms with Crippen molar-refractivity contribution in [3.05, 3.63) is 23.3 Å². The van der Waals surface area contributed by atoms with Crippen LogP contribution in [0.15, 0.2) is 6.20 Å². The third-order valence-corrected chi connectivity index (χ3v) is 1.58. The number of nitrogens with zero attached hydrogens (tertiary/aromatic N) is 2. The Bertz CT molecular complexity index is 248. The summed E-state index contributed by atoms with van der Waals surface area (Å²) in [7, 11) is 0. The topological polar surface area (TPSA) is 46.0 Å². The molecule has 0 amide bonds. The molecule has 1 aromatic rings. The fourth-order valence-electron chi connectivity index (χ4n) is 0.980. The molecule has 0 saturated heterocycles. The van der Waals surface area contributed by atoms with Gasteiger partial charge in [-0.15, -0.1) is 0 Å². The molecule has 1 rings (SSSR count). The molecule has 0 saturated carbocycles. The Hall–Kier alpha value is -0.960. The van der Waals surface area contributed by atoms with Crippen LogP contribution >= 0.6 is 0 Å². The maximum absolute atomic E-state index is 8.86. The largest absolute Gasteiger partial charge is 0.392 e. The Morgan fingerprint density at radius 3 is 2.82 bits per heavy atom. The van der Waals surface area contributed by atoms with E-state index in [0.717, 1.165) is 23.5 Å². The Balaban J connectivity index is 3.06. The first-order valence-electron chi connectivity index (χ1n) is 3.70. The van der Waals surface area contributed by atoms with Gasteiger partial charge in [0.25, 0.3) is 0 Å². The van der Waals surface area contributed by atoms with E-state index in [2.05, 4.69) is 9.97 Å². The Morgan fingerprint density at radius 1 is 1.55 bits per heavy atom. The molecule has 1 heterocycles. The number of rotatable bonds is 2. The molecule has 0 aliphatic rings. The minimum Gasteiger partial charge on any atom is -0.392 e. The first-order chi connectivity index (χ1) is 5.27. The summed E-state index contributed by atoms with van der Waals surface area (Å²) < 4.78 is 0. The van der Waals surface area contributed by atoms with Crippen LogP contribution in [0.2, 0.25) is 0 Å². The van der Waals surface area contributed by atoms with Crippen molar-refractivity contribution in [3.63, 3.8) is 0 Å². The van der Waals surface area contributed by atoms with Crippen LogP contribution in [0.3, 0.4) is 0 Å². The van der Waals surface area contributed by atoms with Gasteiger partial charge in [0.15, 0.2) is 0 Å². The number of hydrogen-bond donors (Lipinski definition) is 1. The van der Waals surface area contributed by atoms with Gasteiger partial charge in [0.2, 0.25) is 0 Å². The van der Waals surface area contributed by atoms with Gasteiger partial charge in [0, 0.05) is 17.5 Å². The summed E-state index contributed by atoms with van der Waals surface area (Å²) in [5.41, 5.74) is 1.78. The molecule has 0 unspecified atom stereocenters. The van der Waals surface area contributed by atoms with Gasteiger partial charge in [-0.1, -0.05) is 6.92 Å². The lowest BCUT2D eigenvalue weighted by atomic mass is 10.2. The molecule has 0 spiro atoms. The molecule has 11 heavy (non-hydrogen) atoms. The van der Waals surface area contributed by atoms with Crippen molar-refractivity contribution in [2.24, 2.45) is 0 Å². The lowest BCUT2D eigenvalue weighted by Crippen LogP contribution is -2.00. The first-order valence-corrected chi connectivity index (χ1v) is 3.70. The molecular weight excluding hydrogens is 140 g/mol. The Labute approximate surface area is 66.1 Å². The van der Waals surface area contributed by atoms with Crippen molar-refractivity contribution in [1.82, 2.24) is 9.97 Å². The predicted molar refractivity (Wildman–Crippen MR) is 42.1 cm³/mol. The van der Waals surface area contributed by atoms with Gasteiger partial charge in [0.1, 0.15) is 5.82 Å². The van der Waals surface area contributed by atoms with Gasteiger partial charge in [-0.25, -0.2) is 9.97 Å². The van der Waals surface area contributed by atoms with Gasteiger partial charge in [-0.05, 0) is 13.3 Å². The van der Waals surface area contributed by atoms with E-state index in [9.17, 15) is 0 Å². The second kappa shape index (κ2) is 3.44. The first kappa shape index (κ1) is 8.14. The van der Waals surface area contributed by atoms with Crippen molar-refractivity contribution in [3.8, 4) is 0 Å². The molecular formula is C8H12N2O. The molecule has 0 aliphatic carbocycles. The number of aliphatic hydroxyl groups excluding tert-OH is 1. The number of aryl methyl sites for hydroxylation is 2. The van der Waals surface area contributed by atoms with Crippen LogP contribution in [0, 0.1) is 6.92 Å². The van der Waals surface area contributed by atoms with Crippen LogP contribution in [0.1, 0.15) is 24.0 Å². The standard InChI is InChI=1S/C8H12N2O/c1-3-8-7(5-11)4-9-6(2)10-8/h4,11H,3,5H2,1-2H3. The summed E-state index contributed by atoms with van der Waals surface area (Å²) in [4.78, 5) is 8.18. The van der Waals surface area contributed by atoms with Gasteiger partial charge < -0.3 is 5.11 Å². The van der Waals surface area contributed by atoms with E-state index < -0.39 is 0 Å². The summed E-state index contributed by atoms with van der Waals surface area (Å²) in [6.45, 7) is 3.89. The van der Waals surface area contributed by atoms with E-state index in [1.165, 1.54) is 0 Å². The summed E-state index contributed by atoms with van der Waals surface area (Å²) in [6.07, 6.45) is 2.53. The molecule has 0 fully saturated rings. The molecule has 1 aromatic heterocycles. The molecule has 0 aromatic carbocycles. The molecule has 3 heteroatoms. The molecule has 60 valence electrons. The second-order valence-electron chi connectivity index (χ2n) is 2.40. The highest BCUT2D eigenvalue weighted by molar-refractivity contribution is 5.16. The van der Waals surface area contributed by atoms with Crippen molar-refractivity contribution in [1.29, 1.82) is 0 Å². The normalized spacial score (nSPS) is 10.1. The van der Waals surface area contributed by atoms with Gasteiger partial charge in [-0.3, -0.25) is 0 Å². The average molecular weight is 152 g/mol. The average Bonchev–Trinajstić information content (AvgIpc) is 2.04. The molecule has 0 aliphatic heterocycles. The highest BCUT2D eigenvalue weighted by Crippen LogP contribution is 2.05. The van der Waals surface area contributed by atoms with Crippen molar-refractivity contribution < 1.29 is 5.11 Å². The minimum absolute atomic E-state index is 0.0312. The maximum atomic E-state index is 8.86. The Kier molecular flexibility index (Phi) is 2.54. The lowest BCUT2D eigenvalue weighted by Gasteiger charge is -2.02. The van der Waals surface area contributed by atoms with Gasteiger partial charge in [-0.2, -0.15) is 0 Å². The van der Waals surface area contributed by atoms with Gasteiger partial charge >= 0.3 is 0 Å². The van der Waals surface area contributed by atoms with Gasteiger partial charge in [0.05, 0.1) is 6.61 Å². The van der Waals surface area contributed by atoms with E-state index in [0.29, 0.717) is 0 Å². The summed E-state index contributed by atoms with van der Waals surface area (Å²) in [5, 5.41) is 8.86. The van der Waals surface area contributed by atoms with E-state index in [-0.39, 0.29) is 6.61 Å². The molecule has 0 atom stereocenters. The highest BCUT2D eigenvalue weighted by atomic mass is 16.3. The highest BCUT2D eigenvalue weighted by Gasteiger charge is 2.00. The second-order valence-corrected chi connectivity index (χ2v) is 2.40. The third-order valence-electron chi connectivity index (χ3n) is 1.58. The summed E-state index contributed by atoms with van der Waals surface area (Å²) in [6, 6.07) is 0. The van der Waals surface area contributed by atoms with Crippen LogP contribution in [0.25, 0.3) is 0 Å². The zero-order chi connectivity index (χ0) is 8.27. The molecule has 3 nitrogen and oxygen atoms in total. The van der Waals surface area contributed by atoms with E-state index in [1.807, 2.05) is 13.8 Å². The van der Waals surface area contributed by atoms with Crippen LogP contribution in [0.4, 0.5) is 0 Å².